The van der Waals surface area contributed by atoms with Gasteiger partial charge in [0.2, 0.25) is 0 Å². The quantitative estimate of drug-likeness (QED) is 0.815. The minimum absolute atomic E-state index is 0.134. The third kappa shape index (κ3) is 2.67. The summed E-state index contributed by atoms with van der Waals surface area (Å²) in [7, 11) is 1.47. The molecule has 0 spiro atoms. The first-order valence-electron chi connectivity index (χ1n) is 6.00. The zero-order chi connectivity index (χ0) is 12.3. The maximum absolute atomic E-state index is 13.3. The molecule has 2 N–H and O–H groups in total. The third-order valence-corrected chi connectivity index (χ3v) is 3.26. The molecule has 0 radical (unpaired) electrons. The molecule has 1 unspecified atom stereocenters. The highest BCUT2D eigenvalue weighted by Gasteiger charge is 2.15. The number of benzene rings is 1. The fraction of sp³-hybridized carbons (Fsp3) is 0.429. The van der Waals surface area contributed by atoms with Gasteiger partial charge in [0.05, 0.1) is 13.2 Å². The van der Waals surface area contributed by atoms with Crippen molar-refractivity contribution in [2.45, 2.75) is 31.7 Å². The van der Waals surface area contributed by atoms with Crippen molar-refractivity contribution in [1.29, 1.82) is 0 Å². The van der Waals surface area contributed by atoms with E-state index in [-0.39, 0.29) is 17.6 Å². The number of rotatable bonds is 3. The number of methoxy groups -OCH3 is 1. The highest BCUT2D eigenvalue weighted by atomic mass is 19.1. The van der Waals surface area contributed by atoms with Crippen molar-refractivity contribution >= 4 is 0 Å². The van der Waals surface area contributed by atoms with E-state index in [4.69, 9.17) is 10.5 Å². The average Bonchev–Trinajstić information content (AvgIpc) is 2.39. The molecule has 0 aliphatic heterocycles. The molecule has 0 saturated carbocycles. The molecule has 1 aromatic rings. The SMILES string of the molecule is COc1cc(C(N)C2=CCCCC2)ccc1F. The van der Waals surface area contributed by atoms with Crippen LogP contribution >= 0.6 is 0 Å². The zero-order valence-corrected chi connectivity index (χ0v) is 10.1. The van der Waals surface area contributed by atoms with Gasteiger partial charge in [-0.2, -0.15) is 0 Å². The topological polar surface area (TPSA) is 35.2 Å². The lowest BCUT2D eigenvalue weighted by atomic mass is 9.90. The van der Waals surface area contributed by atoms with Crippen LogP contribution in [0.5, 0.6) is 5.75 Å². The molecule has 92 valence electrons. The third-order valence-electron chi connectivity index (χ3n) is 3.26. The molecule has 1 atom stereocenters. The van der Waals surface area contributed by atoms with Crippen LogP contribution in [0.2, 0.25) is 0 Å². The first kappa shape index (κ1) is 12.1. The Balaban J connectivity index is 2.24. The molecule has 3 heteroatoms. The molecule has 0 bridgehead atoms. The van der Waals surface area contributed by atoms with Gasteiger partial charge in [0.1, 0.15) is 0 Å². The smallest absolute Gasteiger partial charge is 0.165 e. The molecule has 2 nitrogen and oxygen atoms in total. The van der Waals surface area contributed by atoms with E-state index in [1.54, 1.807) is 12.1 Å². The Labute approximate surface area is 101 Å². The minimum Gasteiger partial charge on any atom is -0.494 e. The molecule has 0 amide bonds. The van der Waals surface area contributed by atoms with Crippen LogP contribution < -0.4 is 10.5 Å². The summed E-state index contributed by atoms with van der Waals surface area (Å²) in [6.07, 6.45) is 6.78. The molecule has 1 aliphatic carbocycles. The van der Waals surface area contributed by atoms with E-state index in [9.17, 15) is 4.39 Å². The lowest BCUT2D eigenvalue weighted by molar-refractivity contribution is 0.385. The molecule has 1 aliphatic rings. The number of hydrogen-bond acceptors (Lipinski definition) is 2. The molecule has 0 saturated heterocycles. The van der Waals surface area contributed by atoms with Gasteiger partial charge >= 0.3 is 0 Å². The van der Waals surface area contributed by atoms with E-state index in [1.165, 1.54) is 31.6 Å². The second-order valence-electron chi connectivity index (χ2n) is 4.40. The molecule has 1 aromatic carbocycles. The summed E-state index contributed by atoms with van der Waals surface area (Å²) in [5, 5.41) is 0. The molecule has 0 heterocycles. The van der Waals surface area contributed by atoms with Crippen LogP contribution in [0.4, 0.5) is 4.39 Å². The van der Waals surface area contributed by atoms with Gasteiger partial charge in [-0.15, -0.1) is 0 Å². The van der Waals surface area contributed by atoms with Crippen molar-refractivity contribution in [2.75, 3.05) is 7.11 Å². The number of ether oxygens (including phenoxy) is 1. The van der Waals surface area contributed by atoms with Crippen molar-refractivity contribution in [3.05, 3.63) is 41.2 Å². The summed E-state index contributed by atoms with van der Waals surface area (Å²) >= 11 is 0. The molecule has 2 rings (SSSR count). The second kappa shape index (κ2) is 5.32. The summed E-state index contributed by atoms with van der Waals surface area (Å²) < 4.78 is 18.3. The Hall–Kier alpha value is -1.35. The van der Waals surface area contributed by atoms with Crippen molar-refractivity contribution < 1.29 is 9.13 Å². The Morgan fingerprint density at radius 2 is 2.18 bits per heavy atom. The van der Waals surface area contributed by atoms with Crippen molar-refractivity contribution in [1.82, 2.24) is 0 Å². The van der Waals surface area contributed by atoms with Crippen molar-refractivity contribution in [2.24, 2.45) is 5.73 Å². The molecule has 0 fully saturated rings. The van der Waals surface area contributed by atoms with Crippen LogP contribution in [0, 0.1) is 5.82 Å². The molecular formula is C14H18FNO. The minimum atomic E-state index is -0.346. The van der Waals surface area contributed by atoms with Crippen LogP contribution in [0.15, 0.2) is 29.8 Å². The standard InChI is InChI=1S/C14H18FNO/c1-17-13-9-11(7-8-12(13)15)14(16)10-5-3-2-4-6-10/h5,7-9,14H,2-4,6,16H2,1H3. The van der Waals surface area contributed by atoms with Crippen molar-refractivity contribution in [3.8, 4) is 5.75 Å². The summed E-state index contributed by atoms with van der Waals surface area (Å²) in [6, 6.07) is 4.70. The van der Waals surface area contributed by atoms with Gasteiger partial charge in [0, 0.05) is 0 Å². The predicted molar refractivity (Wildman–Crippen MR) is 66.4 cm³/mol. The summed E-state index contributed by atoms with van der Waals surface area (Å²) in [6.45, 7) is 0. The average molecular weight is 235 g/mol. The number of nitrogens with two attached hydrogens (primary N) is 1. The fourth-order valence-corrected chi connectivity index (χ4v) is 2.23. The summed E-state index contributed by atoms with van der Waals surface area (Å²) in [4.78, 5) is 0. The molecule has 17 heavy (non-hydrogen) atoms. The van der Waals surface area contributed by atoms with Crippen LogP contribution in [0.25, 0.3) is 0 Å². The maximum Gasteiger partial charge on any atom is 0.165 e. The van der Waals surface area contributed by atoms with Gasteiger partial charge in [-0.1, -0.05) is 17.7 Å². The Morgan fingerprint density at radius 1 is 1.35 bits per heavy atom. The highest BCUT2D eigenvalue weighted by Crippen LogP contribution is 2.30. The fourth-order valence-electron chi connectivity index (χ4n) is 2.23. The number of halogens is 1. The largest absolute Gasteiger partial charge is 0.494 e. The van der Waals surface area contributed by atoms with Gasteiger partial charge in [-0.3, -0.25) is 0 Å². The van der Waals surface area contributed by atoms with Crippen LogP contribution in [0.3, 0.4) is 0 Å². The van der Waals surface area contributed by atoms with E-state index >= 15 is 0 Å². The summed E-state index contributed by atoms with van der Waals surface area (Å²) in [5.41, 5.74) is 8.36. The first-order valence-corrected chi connectivity index (χ1v) is 6.00. The van der Waals surface area contributed by atoms with Gasteiger partial charge in [0.25, 0.3) is 0 Å². The lowest BCUT2D eigenvalue weighted by Crippen LogP contribution is -2.15. The normalized spacial score (nSPS) is 17.5. The highest BCUT2D eigenvalue weighted by molar-refractivity contribution is 5.36. The van der Waals surface area contributed by atoms with E-state index in [0.717, 1.165) is 18.4 Å². The molecular weight excluding hydrogens is 217 g/mol. The maximum atomic E-state index is 13.3. The monoisotopic (exact) mass is 235 g/mol. The van der Waals surface area contributed by atoms with E-state index in [2.05, 4.69) is 6.08 Å². The zero-order valence-electron chi connectivity index (χ0n) is 10.1. The van der Waals surface area contributed by atoms with Crippen LogP contribution in [0.1, 0.15) is 37.3 Å². The van der Waals surface area contributed by atoms with Gasteiger partial charge < -0.3 is 10.5 Å². The molecule has 0 aromatic heterocycles. The predicted octanol–water partition coefficient (Wildman–Crippen LogP) is 3.33. The van der Waals surface area contributed by atoms with Crippen molar-refractivity contribution in [3.63, 3.8) is 0 Å². The summed E-state index contributed by atoms with van der Waals surface area (Å²) in [5.74, 6) is -0.0876. The van der Waals surface area contributed by atoms with Crippen LogP contribution in [-0.2, 0) is 0 Å². The first-order chi connectivity index (χ1) is 8.22. The Bertz CT molecular complexity index is 428. The Kier molecular flexibility index (Phi) is 3.79. The van der Waals surface area contributed by atoms with Gasteiger partial charge in [-0.05, 0) is 43.4 Å². The van der Waals surface area contributed by atoms with E-state index in [1.807, 2.05) is 0 Å². The van der Waals surface area contributed by atoms with Gasteiger partial charge in [-0.25, -0.2) is 4.39 Å². The van der Waals surface area contributed by atoms with Gasteiger partial charge in [0.15, 0.2) is 11.6 Å². The van der Waals surface area contributed by atoms with E-state index < -0.39 is 0 Å². The lowest BCUT2D eigenvalue weighted by Gasteiger charge is -2.20. The van der Waals surface area contributed by atoms with E-state index in [0.29, 0.717) is 0 Å². The second-order valence-corrected chi connectivity index (χ2v) is 4.40. The van der Waals surface area contributed by atoms with Crippen LogP contribution in [-0.4, -0.2) is 7.11 Å². The number of allylic oxidation sites excluding steroid dienone is 1. The number of hydrogen-bond donors (Lipinski definition) is 1. The Morgan fingerprint density at radius 3 is 2.82 bits per heavy atom.